The van der Waals surface area contributed by atoms with Crippen molar-refractivity contribution in [2.45, 2.75) is 44.4 Å². The van der Waals surface area contributed by atoms with E-state index in [1.54, 1.807) is 25.3 Å². The van der Waals surface area contributed by atoms with E-state index in [0.29, 0.717) is 6.61 Å². The van der Waals surface area contributed by atoms with Crippen LogP contribution in [0.2, 0.25) is 0 Å². The number of amides is 2. The van der Waals surface area contributed by atoms with Gasteiger partial charge in [0.2, 0.25) is 0 Å². The van der Waals surface area contributed by atoms with Gasteiger partial charge in [0.1, 0.15) is 12.3 Å². The number of hydrogen-bond donors (Lipinski definition) is 2. The molecule has 4 unspecified atom stereocenters. The van der Waals surface area contributed by atoms with Gasteiger partial charge in [-0.3, -0.25) is 10.2 Å². The summed E-state index contributed by atoms with van der Waals surface area (Å²) < 4.78 is 16.1. The van der Waals surface area contributed by atoms with Crippen LogP contribution in [0.15, 0.2) is 12.3 Å². The first-order chi connectivity index (χ1) is 10.2. The van der Waals surface area contributed by atoms with Gasteiger partial charge in [-0.15, -0.1) is 0 Å². The number of hydrogen-bond acceptors (Lipinski definition) is 5. The van der Waals surface area contributed by atoms with E-state index >= 15 is 0 Å². The molecule has 2 aliphatic heterocycles. The molecule has 2 heterocycles. The summed E-state index contributed by atoms with van der Waals surface area (Å²) in [6, 6.07) is -0.341. The summed E-state index contributed by atoms with van der Waals surface area (Å²) in [7, 11) is 3.16. The zero-order valence-corrected chi connectivity index (χ0v) is 12.9. The molecule has 0 spiro atoms. The van der Waals surface area contributed by atoms with Crippen LogP contribution >= 0.6 is 0 Å². The van der Waals surface area contributed by atoms with Crippen molar-refractivity contribution in [3.63, 3.8) is 0 Å². The Morgan fingerprint density at radius 1 is 1.48 bits per heavy atom. The number of nitrogens with one attached hydrogen (secondary N) is 2. The highest BCUT2D eigenvalue weighted by Gasteiger charge is 2.43. The number of nitrogens with zero attached hydrogens (tertiary/aromatic N) is 1. The lowest BCUT2D eigenvalue weighted by Crippen LogP contribution is -2.57. The van der Waals surface area contributed by atoms with Gasteiger partial charge in [0.05, 0.1) is 12.6 Å². The van der Waals surface area contributed by atoms with Gasteiger partial charge >= 0.3 is 6.03 Å². The Kier molecular flexibility index (Phi) is 5.98. The van der Waals surface area contributed by atoms with Gasteiger partial charge in [-0.1, -0.05) is 13.3 Å². The molecular formula is C14H25N3O4. The third-order valence-electron chi connectivity index (χ3n) is 3.79. The predicted octanol–water partition coefficient (Wildman–Crippen LogP) is 0.627. The molecule has 4 atom stereocenters. The highest BCUT2D eigenvalue weighted by Crippen LogP contribution is 2.24. The fourth-order valence-electron chi connectivity index (χ4n) is 2.59. The molecule has 0 radical (unpaired) electrons. The minimum absolute atomic E-state index is 0.123. The van der Waals surface area contributed by atoms with Crippen molar-refractivity contribution in [2.75, 3.05) is 27.4 Å². The van der Waals surface area contributed by atoms with E-state index in [-0.39, 0.29) is 24.3 Å². The molecule has 2 N–H and O–H groups in total. The van der Waals surface area contributed by atoms with Gasteiger partial charge in [0.15, 0.2) is 6.29 Å². The lowest BCUT2D eigenvalue weighted by Gasteiger charge is -2.33. The quantitative estimate of drug-likeness (QED) is 0.675. The largest absolute Gasteiger partial charge is 0.374 e. The molecule has 1 saturated heterocycles. The Labute approximate surface area is 125 Å². The Bertz CT molecular complexity index is 377. The summed E-state index contributed by atoms with van der Waals surface area (Å²) in [4.78, 5) is 13.9. The average molecular weight is 299 g/mol. The maximum Gasteiger partial charge on any atom is 0.323 e. The number of urea groups is 1. The third-order valence-corrected chi connectivity index (χ3v) is 3.79. The van der Waals surface area contributed by atoms with Crippen LogP contribution in [-0.2, 0) is 14.2 Å². The van der Waals surface area contributed by atoms with Crippen LogP contribution in [0.3, 0.4) is 0 Å². The molecule has 1 fully saturated rings. The van der Waals surface area contributed by atoms with Crippen molar-refractivity contribution in [1.82, 2.24) is 15.5 Å². The standard InChI is InChI=1S/C14H25N3O4/c1-4-5-7-15-11-6-8-17(14(18)16-11)10-9-21-13(20-3)12(10)19-2/h6,8,10-13,15H,4-5,7,9H2,1-3H3,(H,16,18). The second kappa shape index (κ2) is 7.74. The van der Waals surface area contributed by atoms with Crippen LogP contribution in [-0.4, -0.2) is 62.9 Å². The second-order valence-corrected chi connectivity index (χ2v) is 5.19. The van der Waals surface area contributed by atoms with Gasteiger partial charge in [0, 0.05) is 20.4 Å². The van der Waals surface area contributed by atoms with Crippen molar-refractivity contribution in [1.29, 1.82) is 0 Å². The van der Waals surface area contributed by atoms with E-state index in [9.17, 15) is 4.79 Å². The minimum atomic E-state index is -0.443. The molecule has 0 aromatic rings. The number of carbonyl (C=O) groups is 1. The molecule has 2 rings (SSSR count). The third kappa shape index (κ3) is 3.74. The number of carbonyl (C=O) groups excluding carboxylic acids is 1. The topological polar surface area (TPSA) is 72.1 Å². The summed E-state index contributed by atoms with van der Waals surface area (Å²) in [6.45, 7) is 3.41. The van der Waals surface area contributed by atoms with Crippen LogP contribution in [0, 0.1) is 0 Å². The number of methoxy groups -OCH3 is 2. The normalized spacial score (nSPS) is 32.5. The summed E-state index contributed by atoms with van der Waals surface area (Å²) in [5.74, 6) is 0. The van der Waals surface area contributed by atoms with Gasteiger partial charge in [-0.2, -0.15) is 0 Å². The van der Waals surface area contributed by atoms with Crippen molar-refractivity contribution in [3.8, 4) is 0 Å². The van der Waals surface area contributed by atoms with Gasteiger partial charge in [-0.25, -0.2) is 4.79 Å². The van der Waals surface area contributed by atoms with E-state index in [0.717, 1.165) is 19.4 Å². The molecule has 2 aliphatic rings. The summed E-state index contributed by atoms with van der Waals surface area (Å²) >= 11 is 0. The molecule has 120 valence electrons. The van der Waals surface area contributed by atoms with Crippen LogP contribution in [0.25, 0.3) is 0 Å². The lowest BCUT2D eigenvalue weighted by atomic mass is 10.1. The molecule has 0 aromatic carbocycles. The van der Waals surface area contributed by atoms with E-state index in [1.807, 2.05) is 6.08 Å². The van der Waals surface area contributed by atoms with Gasteiger partial charge in [0.25, 0.3) is 0 Å². The summed E-state index contributed by atoms with van der Waals surface area (Å²) in [5, 5.41) is 6.19. The SMILES string of the molecule is CCCCNC1C=CN(C2COC(OC)C2OC)C(=O)N1. The van der Waals surface area contributed by atoms with E-state index in [4.69, 9.17) is 14.2 Å². The maximum atomic E-state index is 12.3. The Morgan fingerprint density at radius 3 is 2.90 bits per heavy atom. The summed E-state index contributed by atoms with van der Waals surface area (Å²) in [5.41, 5.74) is 0. The molecular weight excluding hydrogens is 274 g/mol. The number of ether oxygens (including phenoxy) is 3. The highest BCUT2D eigenvalue weighted by atomic mass is 16.7. The van der Waals surface area contributed by atoms with Gasteiger partial charge in [-0.05, 0) is 19.0 Å². The highest BCUT2D eigenvalue weighted by molar-refractivity contribution is 5.77. The van der Waals surface area contributed by atoms with E-state index < -0.39 is 6.29 Å². The minimum Gasteiger partial charge on any atom is -0.374 e. The lowest BCUT2D eigenvalue weighted by molar-refractivity contribution is -0.141. The van der Waals surface area contributed by atoms with Crippen molar-refractivity contribution in [2.24, 2.45) is 0 Å². The first-order valence-corrected chi connectivity index (χ1v) is 7.39. The number of rotatable bonds is 7. The molecule has 7 nitrogen and oxygen atoms in total. The summed E-state index contributed by atoms with van der Waals surface area (Å²) in [6.07, 6.45) is 5.07. The first-order valence-electron chi connectivity index (χ1n) is 7.39. The first kappa shape index (κ1) is 16.2. The van der Waals surface area contributed by atoms with Crippen molar-refractivity contribution < 1.29 is 19.0 Å². The molecule has 21 heavy (non-hydrogen) atoms. The molecule has 0 aromatic heterocycles. The fourth-order valence-corrected chi connectivity index (χ4v) is 2.59. The maximum absolute atomic E-state index is 12.3. The predicted molar refractivity (Wildman–Crippen MR) is 77.5 cm³/mol. The average Bonchev–Trinajstić information content (AvgIpc) is 2.90. The molecule has 2 amide bonds. The smallest absolute Gasteiger partial charge is 0.323 e. The zero-order valence-electron chi connectivity index (χ0n) is 12.9. The van der Waals surface area contributed by atoms with Crippen molar-refractivity contribution >= 4 is 6.03 Å². The van der Waals surface area contributed by atoms with Gasteiger partial charge < -0.3 is 19.5 Å². The van der Waals surface area contributed by atoms with E-state index in [1.165, 1.54) is 0 Å². The van der Waals surface area contributed by atoms with Crippen LogP contribution in [0.1, 0.15) is 19.8 Å². The Morgan fingerprint density at radius 2 is 2.29 bits per heavy atom. The zero-order chi connectivity index (χ0) is 15.2. The molecule has 0 saturated carbocycles. The monoisotopic (exact) mass is 299 g/mol. The molecule has 7 heteroatoms. The fraction of sp³-hybridized carbons (Fsp3) is 0.786. The van der Waals surface area contributed by atoms with Crippen LogP contribution in [0.4, 0.5) is 4.79 Å². The number of unbranched alkanes of at least 4 members (excludes halogenated alkanes) is 1. The molecule has 0 bridgehead atoms. The second-order valence-electron chi connectivity index (χ2n) is 5.19. The van der Waals surface area contributed by atoms with Crippen LogP contribution < -0.4 is 10.6 Å². The molecule has 0 aliphatic carbocycles. The Hall–Kier alpha value is -1.15. The van der Waals surface area contributed by atoms with Crippen molar-refractivity contribution in [3.05, 3.63) is 12.3 Å². The van der Waals surface area contributed by atoms with Crippen LogP contribution in [0.5, 0.6) is 0 Å². The Balaban J connectivity index is 1.95. The van der Waals surface area contributed by atoms with E-state index in [2.05, 4.69) is 17.6 Å².